The molecule has 1 saturated heterocycles. The molecular weight excluding hydrogens is 368 g/mol. The van der Waals surface area contributed by atoms with Gasteiger partial charge in [-0.3, -0.25) is 4.90 Å². The quantitative estimate of drug-likeness (QED) is 0.519. The van der Waals surface area contributed by atoms with Crippen molar-refractivity contribution in [1.82, 2.24) is 19.7 Å². The van der Waals surface area contributed by atoms with Crippen LogP contribution >= 0.6 is 0 Å². The van der Waals surface area contributed by atoms with Gasteiger partial charge >= 0.3 is 0 Å². The molecule has 4 heterocycles. The van der Waals surface area contributed by atoms with Gasteiger partial charge in [-0.2, -0.15) is 0 Å². The number of methoxy groups -OCH3 is 1. The fraction of sp³-hybridized carbons (Fsp3) is 0.273. The Bertz CT molecular complexity index is 1090. The van der Waals surface area contributed by atoms with Crippen LogP contribution in [0.4, 0.5) is 0 Å². The molecule has 148 valence electrons. The number of aromatic nitrogens is 3. The van der Waals surface area contributed by atoms with Crippen molar-refractivity contribution in [2.75, 3.05) is 26.8 Å². The average molecular weight is 390 g/mol. The Kier molecular flexibility index (Phi) is 4.75. The van der Waals surface area contributed by atoms with Crippen LogP contribution in [0.2, 0.25) is 0 Å². The zero-order chi connectivity index (χ0) is 19.6. The lowest BCUT2D eigenvalue weighted by molar-refractivity contribution is -0.0343. The van der Waals surface area contributed by atoms with Gasteiger partial charge in [0.25, 0.3) is 0 Å². The number of nitrogens with zero attached hydrogens (tertiary/aromatic N) is 4. The Hall–Kier alpha value is -3.16. The highest BCUT2D eigenvalue weighted by molar-refractivity contribution is 5.66. The SMILES string of the molecule is COc1ccc(-c2ccc3c(C4CN(Cc5ccoc5)CCO4)nnn3c2)cc1. The number of pyridine rings is 1. The van der Waals surface area contributed by atoms with Crippen molar-refractivity contribution >= 4 is 5.52 Å². The standard InChI is InChI=1S/C22H22N4O3/c1-27-19-5-2-17(3-6-19)18-4-7-20-22(23-24-26(20)13-18)21-14-25(9-11-29-21)12-16-8-10-28-15-16/h2-8,10,13,15,21H,9,11-12,14H2,1H3. The smallest absolute Gasteiger partial charge is 0.121 e. The largest absolute Gasteiger partial charge is 0.497 e. The van der Waals surface area contributed by atoms with E-state index in [1.807, 2.05) is 41.0 Å². The lowest BCUT2D eigenvalue weighted by Crippen LogP contribution is -2.37. The van der Waals surface area contributed by atoms with Crippen molar-refractivity contribution in [3.63, 3.8) is 0 Å². The van der Waals surface area contributed by atoms with E-state index in [9.17, 15) is 0 Å². The summed E-state index contributed by atoms with van der Waals surface area (Å²) in [6.07, 6.45) is 5.40. The maximum absolute atomic E-state index is 6.03. The van der Waals surface area contributed by atoms with E-state index in [0.29, 0.717) is 6.61 Å². The van der Waals surface area contributed by atoms with Crippen LogP contribution < -0.4 is 4.74 Å². The average Bonchev–Trinajstić information content (AvgIpc) is 3.43. The molecule has 1 aliphatic rings. The minimum absolute atomic E-state index is 0.0972. The number of hydrogen-bond acceptors (Lipinski definition) is 6. The Balaban J connectivity index is 1.37. The molecule has 4 aromatic rings. The van der Waals surface area contributed by atoms with Gasteiger partial charge in [0.1, 0.15) is 17.5 Å². The molecule has 1 fully saturated rings. The van der Waals surface area contributed by atoms with E-state index < -0.39 is 0 Å². The molecule has 3 aromatic heterocycles. The molecule has 0 N–H and O–H groups in total. The first kappa shape index (κ1) is 17.9. The molecule has 0 bridgehead atoms. The lowest BCUT2D eigenvalue weighted by Gasteiger charge is -2.31. The predicted molar refractivity (Wildman–Crippen MR) is 108 cm³/mol. The van der Waals surface area contributed by atoms with E-state index in [1.54, 1.807) is 19.6 Å². The topological polar surface area (TPSA) is 65.0 Å². The molecule has 1 unspecified atom stereocenters. The third-order valence-electron chi connectivity index (χ3n) is 5.31. The lowest BCUT2D eigenvalue weighted by atomic mass is 10.1. The highest BCUT2D eigenvalue weighted by atomic mass is 16.5. The first-order valence-electron chi connectivity index (χ1n) is 9.64. The normalized spacial score (nSPS) is 17.6. The van der Waals surface area contributed by atoms with E-state index in [-0.39, 0.29) is 6.10 Å². The fourth-order valence-corrected chi connectivity index (χ4v) is 3.75. The van der Waals surface area contributed by atoms with E-state index in [2.05, 4.69) is 27.3 Å². The van der Waals surface area contributed by atoms with Gasteiger partial charge in [-0.1, -0.05) is 23.4 Å². The van der Waals surface area contributed by atoms with Gasteiger partial charge in [-0.05, 0) is 29.8 Å². The number of ether oxygens (including phenoxy) is 2. The Labute approximate surface area is 168 Å². The monoisotopic (exact) mass is 390 g/mol. The summed E-state index contributed by atoms with van der Waals surface area (Å²) in [5, 5.41) is 8.78. The molecule has 7 heteroatoms. The van der Waals surface area contributed by atoms with Gasteiger partial charge in [-0.15, -0.1) is 5.10 Å². The van der Waals surface area contributed by atoms with E-state index in [0.717, 1.165) is 47.7 Å². The van der Waals surface area contributed by atoms with Gasteiger partial charge in [0.15, 0.2) is 0 Å². The van der Waals surface area contributed by atoms with Gasteiger partial charge < -0.3 is 13.9 Å². The number of hydrogen-bond donors (Lipinski definition) is 0. The van der Waals surface area contributed by atoms with Gasteiger partial charge in [-0.25, -0.2) is 4.52 Å². The van der Waals surface area contributed by atoms with Crippen molar-refractivity contribution in [1.29, 1.82) is 0 Å². The Morgan fingerprint density at radius 2 is 1.97 bits per heavy atom. The van der Waals surface area contributed by atoms with Crippen LogP contribution in [-0.2, 0) is 11.3 Å². The van der Waals surface area contributed by atoms with Crippen LogP contribution in [0.1, 0.15) is 17.4 Å². The molecule has 0 spiro atoms. The maximum atomic E-state index is 6.03. The summed E-state index contributed by atoms with van der Waals surface area (Å²) in [4.78, 5) is 2.36. The molecule has 0 saturated carbocycles. The number of fused-ring (bicyclic) bond motifs is 1. The van der Waals surface area contributed by atoms with Crippen molar-refractivity contribution < 1.29 is 13.9 Å². The first-order chi connectivity index (χ1) is 14.3. The fourth-order valence-electron chi connectivity index (χ4n) is 3.75. The number of benzene rings is 1. The molecule has 29 heavy (non-hydrogen) atoms. The molecule has 7 nitrogen and oxygen atoms in total. The predicted octanol–water partition coefficient (Wildman–Crippen LogP) is 3.57. The third-order valence-corrected chi connectivity index (χ3v) is 5.31. The molecule has 1 aliphatic heterocycles. The molecule has 1 aromatic carbocycles. The zero-order valence-electron chi connectivity index (χ0n) is 16.2. The van der Waals surface area contributed by atoms with Gasteiger partial charge in [0.2, 0.25) is 0 Å². The molecule has 0 amide bonds. The van der Waals surface area contributed by atoms with Crippen molar-refractivity contribution in [3.05, 3.63) is 72.4 Å². The summed E-state index contributed by atoms with van der Waals surface area (Å²) in [5.41, 5.74) is 5.19. The van der Waals surface area contributed by atoms with E-state index in [1.165, 1.54) is 5.56 Å². The third kappa shape index (κ3) is 3.62. The number of morpholine rings is 1. The summed E-state index contributed by atoms with van der Waals surface area (Å²) in [6.45, 7) is 3.19. The second kappa shape index (κ2) is 7.69. The summed E-state index contributed by atoms with van der Waals surface area (Å²) >= 11 is 0. The van der Waals surface area contributed by atoms with Crippen molar-refractivity contribution in [2.24, 2.45) is 0 Å². The van der Waals surface area contributed by atoms with Gasteiger partial charge in [0.05, 0.1) is 31.8 Å². The maximum Gasteiger partial charge on any atom is 0.121 e. The summed E-state index contributed by atoms with van der Waals surface area (Å²) < 4.78 is 18.3. The highest BCUT2D eigenvalue weighted by Crippen LogP contribution is 2.28. The summed E-state index contributed by atoms with van der Waals surface area (Å²) in [5.74, 6) is 0.840. The molecular formula is C22H22N4O3. The second-order valence-electron chi connectivity index (χ2n) is 7.18. The minimum atomic E-state index is -0.0972. The second-order valence-corrected chi connectivity index (χ2v) is 7.18. The zero-order valence-corrected chi connectivity index (χ0v) is 16.2. The van der Waals surface area contributed by atoms with Crippen LogP contribution in [-0.4, -0.2) is 46.5 Å². The van der Waals surface area contributed by atoms with Crippen molar-refractivity contribution in [3.8, 4) is 16.9 Å². The first-order valence-corrected chi connectivity index (χ1v) is 9.64. The molecule has 1 atom stereocenters. The van der Waals surface area contributed by atoms with Crippen LogP contribution in [0.25, 0.3) is 16.6 Å². The molecule has 0 aliphatic carbocycles. The van der Waals surface area contributed by atoms with E-state index >= 15 is 0 Å². The van der Waals surface area contributed by atoms with Crippen LogP contribution in [0.15, 0.2) is 65.6 Å². The highest BCUT2D eigenvalue weighted by Gasteiger charge is 2.26. The Morgan fingerprint density at radius 3 is 2.76 bits per heavy atom. The van der Waals surface area contributed by atoms with Crippen molar-refractivity contribution in [2.45, 2.75) is 12.6 Å². The molecule has 0 radical (unpaired) electrons. The van der Waals surface area contributed by atoms with Crippen LogP contribution in [0, 0.1) is 0 Å². The minimum Gasteiger partial charge on any atom is -0.497 e. The number of furan rings is 1. The summed E-state index contributed by atoms with van der Waals surface area (Å²) in [6, 6.07) is 14.1. The summed E-state index contributed by atoms with van der Waals surface area (Å²) in [7, 11) is 1.67. The van der Waals surface area contributed by atoms with Crippen LogP contribution in [0.5, 0.6) is 5.75 Å². The van der Waals surface area contributed by atoms with Crippen LogP contribution in [0.3, 0.4) is 0 Å². The molecule has 5 rings (SSSR count). The van der Waals surface area contributed by atoms with Gasteiger partial charge in [0, 0.05) is 37.0 Å². The number of rotatable bonds is 5. The van der Waals surface area contributed by atoms with E-state index in [4.69, 9.17) is 13.9 Å². The Morgan fingerprint density at radius 1 is 1.10 bits per heavy atom.